The van der Waals surface area contributed by atoms with E-state index < -0.39 is 5.91 Å². The second-order valence-corrected chi connectivity index (χ2v) is 5.56. The van der Waals surface area contributed by atoms with Gasteiger partial charge in [-0.3, -0.25) is 15.1 Å². The van der Waals surface area contributed by atoms with E-state index in [1.807, 2.05) is 0 Å². The summed E-state index contributed by atoms with van der Waals surface area (Å²) in [6.45, 7) is 2.96. The Kier molecular flexibility index (Phi) is 8.48. The lowest BCUT2D eigenvalue weighted by Gasteiger charge is -2.08. The van der Waals surface area contributed by atoms with E-state index in [2.05, 4.69) is 20.3 Å². The van der Waals surface area contributed by atoms with Gasteiger partial charge in [-0.2, -0.15) is 0 Å². The number of anilines is 2. The van der Waals surface area contributed by atoms with Crippen LogP contribution in [0.15, 0.2) is 4.99 Å². The van der Waals surface area contributed by atoms with Gasteiger partial charge in [0.15, 0.2) is 17.5 Å². The monoisotopic (exact) mass is 336 g/mol. The van der Waals surface area contributed by atoms with Crippen LogP contribution in [0.5, 0.6) is 0 Å². The zero-order chi connectivity index (χ0) is 17.9. The normalized spacial score (nSPS) is 11.5. The van der Waals surface area contributed by atoms with E-state index in [0.717, 1.165) is 32.2 Å². The number of nitrogens with two attached hydrogens (primary N) is 4. The molecule has 1 amide bonds. The Balaban J connectivity index is 2.37. The number of aromatic nitrogens is 2. The van der Waals surface area contributed by atoms with Crippen molar-refractivity contribution in [2.45, 2.75) is 45.4 Å². The van der Waals surface area contributed by atoms with Crippen molar-refractivity contribution < 1.29 is 4.79 Å². The quantitative estimate of drug-likeness (QED) is 0.245. The average Bonchev–Trinajstić information content (AvgIpc) is 2.53. The zero-order valence-electron chi connectivity index (χ0n) is 14.2. The van der Waals surface area contributed by atoms with Gasteiger partial charge < -0.3 is 22.9 Å². The Hall–Kier alpha value is -2.42. The summed E-state index contributed by atoms with van der Waals surface area (Å²) in [6, 6.07) is 0. The van der Waals surface area contributed by atoms with Crippen molar-refractivity contribution in [1.82, 2.24) is 15.3 Å². The van der Waals surface area contributed by atoms with Crippen LogP contribution in [0.1, 0.15) is 54.7 Å². The molecule has 0 saturated heterocycles. The zero-order valence-corrected chi connectivity index (χ0v) is 14.2. The van der Waals surface area contributed by atoms with Crippen molar-refractivity contribution in [1.29, 1.82) is 0 Å². The second-order valence-electron chi connectivity index (χ2n) is 5.56. The first-order valence-electron chi connectivity index (χ1n) is 8.16. The van der Waals surface area contributed by atoms with Gasteiger partial charge in [-0.05, 0) is 26.3 Å². The molecule has 134 valence electrons. The van der Waals surface area contributed by atoms with Crippen LogP contribution in [0.25, 0.3) is 0 Å². The molecular formula is C15H28N8O. The fraction of sp³-hybridized carbons (Fsp3) is 0.600. The molecule has 1 heterocycles. The van der Waals surface area contributed by atoms with Crippen LogP contribution in [0.3, 0.4) is 0 Å². The number of guanidine groups is 1. The molecule has 24 heavy (non-hydrogen) atoms. The molecule has 0 bridgehead atoms. The van der Waals surface area contributed by atoms with Crippen LogP contribution < -0.4 is 28.3 Å². The van der Waals surface area contributed by atoms with Gasteiger partial charge in [0.1, 0.15) is 5.82 Å². The van der Waals surface area contributed by atoms with Crippen LogP contribution >= 0.6 is 0 Å². The van der Waals surface area contributed by atoms with Crippen molar-refractivity contribution >= 4 is 23.5 Å². The van der Waals surface area contributed by atoms with E-state index in [-0.39, 0.29) is 23.3 Å². The van der Waals surface area contributed by atoms with Crippen LogP contribution in [0.2, 0.25) is 0 Å². The molecule has 0 aliphatic heterocycles. The van der Waals surface area contributed by atoms with E-state index in [0.29, 0.717) is 12.2 Å². The number of rotatable bonds is 9. The summed E-state index contributed by atoms with van der Waals surface area (Å²) in [7, 11) is 0. The van der Waals surface area contributed by atoms with E-state index in [4.69, 9.17) is 22.9 Å². The smallest absolute Gasteiger partial charge is 0.280 e. The van der Waals surface area contributed by atoms with Crippen molar-refractivity contribution in [2.75, 3.05) is 24.6 Å². The van der Waals surface area contributed by atoms with E-state index in [1.165, 1.54) is 12.8 Å². The number of aryl methyl sites for hydroxylation is 1. The average molecular weight is 336 g/mol. The fourth-order valence-corrected chi connectivity index (χ4v) is 2.09. The van der Waals surface area contributed by atoms with Crippen LogP contribution in [-0.2, 0) is 0 Å². The number of aliphatic imine (C=N–C) groups is 1. The molecule has 0 fully saturated rings. The number of nitrogens with zero attached hydrogens (tertiary/aromatic N) is 3. The number of amides is 1. The van der Waals surface area contributed by atoms with Crippen molar-refractivity contribution in [2.24, 2.45) is 16.5 Å². The third-order valence-corrected chi connectivity index (χ3v) is 3.48. The number of carbonyl (C=O) groups excluding carboxylic acids is 1. The molecule has 0 saturated carbocycles. The molecule has 0 atom stereocenters. The van der Waals surface area contributed by atoms with Crippen LogP contribution in [0, 0.1) is 6.92 Å². The molecule has 1 aromatic rings. The summed E-state index contributed by atoms with van der Waals surface area (Å²) >= 11 is 0. The standard InChI is InChI=1S/C15H28N8O/c1-10-12(17)22-13(18)11(21-10)14(24)23-15(19)20-9-7-5-3-2-4-6-8-16/h2-9,16H2,1H3,(H4,17,18,22)(H3,19,20,23,24). The first-order valence-corrected chi connectivity index (χ1v) is 8.16. The lowest BCUT2D eigenvalue weighted by atomic mass is 10.1. The van der Waals surface area contributed by atoms with E-state index in [1.54, 1.807) is 6.92 Å². The first kappa shape index (κ1) is 19.6. The molecule has 0 aromatic carbocycles. The summed E-state index contributed by atoms with van der Waals surface area (Å²) in [6.07, 6.45) is 6.57. The molecule has 0 spiro atoms. The van der Waals surface area contributed by atoms with Gasteiger partial charge >= 0.3 is 0 Å². The Bertz CT molecular complexity index is 573. The van der Waals surface area contributed by atoms with Gasteiger partial charge in [-0.25, -0.2) is 9.97 Å². The SMILES string of the molecule is Cc1nc(C(=O)NC(N)=NCCCCCCCCN)c(N)nc1N. The molecule has 0 aliphatic rings. The topological polar surface area (TPSA) is 171 Å². The lowest BCUT2D eigenvalue weighted by molar-refractivity contribution is 0.0972. The molecule has 0 radical (unpaired) electrons. The number of nitrogens with one attached hydrogen (secondary N) is 1. The highest BCUT2D eigenvalue weighted by molar-refractivity contribution is 6.06. The minimum Gasteiger partial charge on any atom is -0.382 e. The molecule has 1 aromatic heterocycles. The number of hydrogen-bond donors (Lipinski definition) is 5. The highest BCUT2D eigenvalue weighted by Crippen LogP contribution is 2.11. The van der Waals surface area contributed by atoms with E-state index >= 15 is 0 Å². The lowest BCUT2D eigenvalue weighted by Crippen LogP contribution is -2.38. The molecule has 9 N–H and O–H groups in total. The summed E-state index contributed by atoms with van der Waals surface area (Å²) in [5.41, 5.74) is 22.8. The van der Waals surface area contributed by atoms with Crippen LogP contribution in [-0.4, -0.2) is 34.9 Å². The van der Waals surface area contributed by atoms with Gasteiger partial charge in [0.2, 0.25) is 0 Å². The van der Waals surface area contributed by atoms with Gasteiger partial charge in [0, 0.05) is 6.54 Å². The van der Waals surface area contributed by atoms with E-state index in [9.17, 15) is 4.79 Å². The molecule has 0 unspecified atom stereocenters. The molecule has 1 rings (SSSR count). The number of hydrogen-bond acceptors (Lipinski definition) is 7. The number of carbonyl (C=O) groups is 1. The van der Waals surface area contributed by atoms with Crippen LogP contribution in [0.4, 0.5) is 11.6 Å². The maximum atomic E-state index is 12.1. The Morgan fingerprint density at radius 2 is 1.67 bits per heavy atom. The Morgan fingerprint density at radius 1 is 1.04 bits per heavy atom. The van der Waals surface area contributed by atoms with Crippen molar-refractivity contribution in [3.05, 3.63) is 11.4 Å². The second kappa shape index (κ2) is 10.4. The van der Waals surface area contributed by atoms with Gasteiger partial charge in [0.05, 0.1) is 5.69 Å². The highest BCUT2D eigenvalue weighted by Gasteiger charge is 2.15. The molecular weight excluding hydrogens is 308 g/mol. The predicted molar refractivity (Wildman–Crippen MR) is 96.3 cm³/mol. The number of nitrogen functional groups attached to an aromatic ring is 2. The summed E-state index contributed by atoms with van der Waals surface area (Å²) < 4.78 is 0. The van der Waals surface area contributed by atoms with Gasteiger partial charge in [0.25, 0.3) is 5.91 Å². The maximum absolute atomic E-state index is 12.1. The van der Waals surface area contributed by atoms with Crippen molar-refractivity contribution in [3.8, 4) is 0 Å². The fourth-order valence-electron chi connectivity index (χ4n) is 2.09. The first-order chi connectivity index (χ1) is 11.5. The third-order valence-electron chi connectivity index (χ3n) is 3.48. The Labute approximate surface area is 142 Å². The minimum absolute atomic E-state index is 0.0141. The van der Waals surface area contributed by atoms with Crippen molar-refractivity contribution in [3.63, 3.8) is 0 Å². The number of unbranched alkanes of at least 4 members (excludes halogenated alkanes) is 5. The third kappa shape index (κ3) is 6.78. The van der Waals surface area contributed by atoms with Gasteiger partial charge in [-0.1, -0.05) is 25.7 Å². The highest BCUT2D eigenvalue weighted by atomic mass is 16.2. The molecule has 0 aliphatic carbocycles. The summed E-state index contributed by atoms with van der Waals surface area (Å²) in [5.74, 6) is -0.358. The largest absolute Gasteiger partial charge is 0.382 e. The summed E-state index contributed by atoms with van der Waals surface area (Å²) in [5, 5.41) is 2.45. The predicted octanol–water partition coefficient (Wildman–Crippen LogP) is 0.293. The maximum Gasteiger partial charge on any atom is 0.280 e. The molecule has 9 heteroatoms. The Morgan fingerprint density at radius 3 is 2.33 bits per heavy atom. The minimum atomic E-state index is -0.550. The summed E-state index contributed by atoms with van der Waals surface area (Å²) in [4.78, 5) is 24.1. The molecule has 9 nitrogen and oxygen atoms in total. The van der Waals surface area contributed by atoms with Gasteiger partial charge in [-0.15, -0.1) is 0 Å².